The second kappa shape index (κ2) is 8.24. The van der Waals surface area contributed by atoms with Gasteiger partial charge in [0.25, 0.3) is 0 Å². The molecule has 0 radical (unpaired) electrons. The normalized spacial score (nSPS) is 12.0. The summed E-state index contributed by atoms with van der Waals surface area (Å²) in [6.45, 7) is 0.285. The minimum Gasteiger partial charge on any atom is -0.352 e. The lowest BCUT2D eigenvalue weighted by molar-refractivity contribution is -0.137. The van der Waals surface area contributed by atoms with E-state index < -0.39 is 11.7 Å². The number of halogens is 5. The van der Waals surface area contributed by atoms with Gasteiger partial charge in [-0.1, -0.05) is 29.3 Å². The molecule has 0 aliphatic heterocycles. The minimum absolute atomic E-state index is 0.285. The summed E-state index contributed by atoms with van der Waals surface area (Å²) < 4.78 is 39.6. The van der Waals surface area contributed by atoms with Crippen LogP contribution in [-0.2, 0) is 17.4 Å². The van der Waals surface area contributed by atoms with E-state index in [1.807, 2.05) is 0 Å². The predicted octanol–water partition coefficient (Wildman–Crippen LogP) is 5.03. The largest absolute Gasteiger partial charge is 0.417 e. The Kier molecular flexibility index (Phi) is 5.96. The Morgan fingerprint density at radius 2 is 1.96 bits per heavy atom. The van der Waals surface area contributed by atoms with Crippen LogP contribution in [0.1, 0.15) is 16.8 Å². The first kappa shape index (κ1) is 20.2. The molecule has 1 aromatic carbocycles. The fraction of sp³-hybridized carbons (Fsp3) is 0.158. The van der Waals surface area contributed by atoms with Gasteiger partial charge in [0.05, 0.1) is 11.3 Å². The Morgan fingerprint density at radius 1 is 1.18 bits per heavy atom. The molecule has 0 unspecified atom stereocenters. The molecule has 0 atom stereocenters. The molecule has 2 heterocycles. The van der Waals surface area contributed by atoms with Gasteiger partial charge in [-0.15, -0.1) is 0 Å². The fourth-order valence-corrected chi connectivity index (χ4v) is 2.98. The van der Waals surface area contributed by atoms with E-state index in [4.69, 9.17) is 23.2 Å². The molecule has 0 saturated heterocycles. The highest BCUT2D eigenvalue weighted by Gasteiger charge is 2.30. The van der Waals surface area contributed by atoms with E-state index in [-0.39, 0.29) is 12.5 Å². The summed E-state index contributed by atoms with van der Waals surface area (Å²) in [6.07, 6.45) is 1.38. The van der Waals surface area contributed by atoms with Gasteiger partial charge in [0.2, 0.25) is 5.91 Å². The van der Waals surface area contributed by atoms with Crippen molar-refractivity contribution in [2.75, 3.05) is 6.54 Å². The van der Waals surface area contributed by atoms with Gasteiger partial charge in [0, 0.05) is 41.5 Å². The first-order valence-electron chi connectivity index (χ1n) is 8.18. The standard InChI is InChI=1S/C19H14Cl2F3N3O/c20-14-4-1-12(16(21)9-14)2-6-18(28)25-8-7-15-11-27-10-13(19(22,23)24)3-5-17(27)26-15/h1-6,9-11H,7-8H2,(H,25,28)/b6-2+. The minimum atomic E-state index is -4.41. The van der Waals surface area contributed by atoms with Gasteiger partial charge in [-0.2, -0.15) is 13.2 Å². The monoisotopic (exact) mass is 427 g/mol. The zero-order valence-corrected chi connectivity index (χ0v) is 15.8. The highest BCUT2D eigenvalue weighted by Crippen LogP contribution is 2.29. The third-order valence-corrected chi connectivity index (χ3v) is 4.45. The van der Waals surface area contributed by atoms with Crippen molar-refractivity contribution in [3.8, 4) is 0 Å². The number of nitrogens with one attached hydrogen (secondary N) is 1. The lowest BCUT2D eigenvalue weighted by Crippen LogP contribution is -2.23. The number of nitrogens with zero attached hydrogens (tertiary/aromatic N) is 2. The van der Waals surface area contributed by atoms with Gasteiger partial charge in [-0.3, -0.25) is 4.79 Å². The number of aromatic nitrogens is 2. The van der Waals surface area contributed by atoms with Gasteiger partial charge in [0.15, 0.2) is 0 Å². The molecule has 0 fully saturated rings. The molecular weight excluding hydrogens is 414 g/mol. The van der Waals surface area contributed by atoms with Crippen LogP contribution in [0.25, 0.3) is 11.7 Å². The molecule has 9 heteroatoms. The first-order valence-corrected chi connectivity index (χ1v) is 8.94. The molecule has 3 rings (SSSR count). The van der Waals surface area contributed by atoms with E-state index in [1.165, 1.54) is 22.7 Å². The average Bonchev–Trinajstić information content (AvgIpc) is 3.02. The lowest BCUT2D eigenvalue weighted by Gasteiger charge is -2.05. The Morgan fingerprint density at radius 3 is 2.68 bits per heavy atom. The number of fused-ring (bicyclic) bond motifs is 1. The van der Waals surface area contributed by atoms with Crippen molar-refractivity contribution in [2.45, 2.75) is 12.6 Å². The highest BCUT2D eigenvalue weighted by atomic mass is 35.5. The zero-order valence-electron chi connectivity index (χ0n) is 14.3. The second-order valence-corrected chi connectivity index (χ2v) is 6.80. The number of hydrogen-bond acceptors (Lipinski definition) is 2. The Hall–Kier alpha value is -2.51. The van der Waals surface area contributed by atoms with Crippen LogP contribution >= 0.6 is 23.2 Å². The zero-order chi connectivity index (χ0) is 20.3. The summed E-state index contributed by atoms with van der Waals surface area (Å²) in [5.74, 6) is -0.325. The number of hydrogen-bond donors (Lipinski definition) is 1. The summed E-state index contributed by atoms with van der Waals surface area (Å²) in [5.41, 5.74) is 0.890. The number of amides is 1. The Labute approximate surface area is 168 Å². The van der Waals surface area contributed by atoms with Crippen LogP contribution in [0, 0.1) is 0 Å². The van der Waals surface area contributed by atoms with Crippen LogP contribution in [0.5, 0.6) is 0 Å². The van der Waals surface area contributed by atoms with Crippen molar-refractivity contribution in [3.05, 3.63) is 75.7 Å². The molecule has 0 spiro atoms. The van der Waals surface area contributed by atoms with Crippen molar-refractivity contribution < 1.29 is 18.0 Å². The molecule has 0 bridgehead atoms. The molecular formula is C19H14Cl2F3N3O. The quantitative estimate of drug-likeness (QED) is 0.580. The number of rotatable bonds is 5. The van der Waals surface area contributed by atoms with Crippen LogP contribution in [0.2, 0.25) is 10.0 Å². The van der Waals surface area contributed by atoms with Crippen molar-refractivity contribution in [2.24, 2.45) is 0 Å². The number of carbonyl (C=O) groups is 1. The number of alkyl halides is 3. The molecule has 4 nitrogen and oxygen atoms in total. The van der Waals surface area contributed by atoms with Crippen LogP contribution < -0.4 is 5.32 Å². The van der Waals surface area contributed by atoms with E-state index in [0.717, 1.165) is 12.3 Å². The fourth-order valence-electron chi connectivity index (χ4n) is 2.51. The Balaban J connectivity index is 1.57. The molecule has 146 valence electrons. The topological polar surface area (TPSA) is 46.4 Å². The third kappa shape index (κ3) is 5.05. The van der Waals surface area contributed by atoms with Crippen LogP contribution in [0.15, 0.2) is 48.8 Å². The Bertz CT molecular complexity index is 1040. The SMILES string of the molecule is O=C(/C=C/c1ccc(Cl)cc1Cl)NCCc1cn2cc(C(F)(F)F)ccc2n1. The highest BCUT2D eigenvalue weighted by molar-refractivity contribution is 6.35. The van der Waals surface area contributed by atoms with Crippen LogP contribution in [0.4, 0.5) is 13.2 Å². The molecule has 2 aromatic heterocycles. The average molecular weight is 428 g/mol. The summed E-state index contributed by atoms with van der Waals surface area (Å²) in [6, 6.07) is 7.23. The van der Waals surface area contributed by atoms with E-state index in [1.54, 1.807) is 24.3 Å². The molecule has 0 aliphatic rings. The van der Waals surface area contributed by atoms with Crippen LogP contribution in [-0.4, -0.2) is 21.8 Å². The number of imidazole rings is 1. The smallest absolute Gasteiger partial charge is 0.352 e. The first-order chi connectivity index (χ1) is 13.2. The maximum absolute atomic E-state index is 12.8. The number of carbonyl (C=O) groups excluding carboxylic acids is 1. The summed E-state index contributed by atoms with van der Waals surface area (Å²) in [4.78, 5) is 16.1. The third-order valence-electron chi connectivity index (χ3n) is 3.89. The van der Waals surface area contributed by atoms with E-state index in [0.29, 0.717) is 33.4 Å². The molecule has 3 aromatic rings. The van der Waals surface area contributed by atoms with Crippen LogP contribution in [0.3, 0.4) is 0 Å². The summed E-state index contributed by atoms with van der Waals surface area (Å²) in [7, 11) is 0. The molecule has 1 amide bonds. The molecule has 1 N–H and O–H groups in total. The van der Waals surface area contributed by atoms with Gasteiger partial charge in [-0.05, 0) is 35.9 Å². The molecule has 0 saturated carbocycles. The summed E-state index contributed by atoms with van der Waals surface area (Å²) >= 11 is 11.8. The number of pyridine rings is 1. The maximum Gasteiger partial charge on any atom is 0.417 e. The number of benzene rings is 1. The summed E-state index contributed by atoms with van der Waals surface area (Å²) in [5, 5.41) is 3.62. The van der Waals surface area contributed by atoms with Gasteiger partial charge in [-0.25, -0.2) is 4.98 Å². The van der Waals surface area contributed by atoms with Gasteiger partial charge >= 0.3 is 6.18 Å². The lowest BCUT2D eigenvalue weighted by atomic mass is 10.2. The van der Waals surface area contributed by atoms with E-state index in [2.05, 4.69) is 10.3 Å². The molecule has 0 aliphatic carbocycles. The second-order valence-electron chi connectivity index (χ2n) is 5.95. The van der Waals surface area contributed by atoms with Crippen molar-refractivity contribution in [1.82, 2.24) is 14.7 Å². The van der Waals surface area contributed by atoms with Gasteiger partial charge < -0.3 is 9.72 Å². The van der Waals surface area contributed by atoms with E-state index >= 15 is 0 Å². The van der Waals surface area contributed by atoms with E-state index in [9.17, 15) is 18.0 Å². The van der Waals surface area contributed by atoms with Gasteiger partial charge in [0.1, 0.15) is 5.65 Å². The molecule has 28 heavy (non-hydrogen) atoms. The maximum atomic E-state index is 12.8. The van der Waals surface area contributed by atoms with Crippen molar-refractivity contribution in [3.63, 3.8) is 0 Å². The van der Waals surface area contributed by atoms with Crippen molar-refractivity contribution in [1.29, 1.82) is 0 Å². The predicted molar refractivity (Wildman–Crippen MR) is 102 cm³/mol. The van der Waals surface area contributed by atoms with Crippen molar-refractivity contribution >= 4 is 40.8 Å².